The molecule has 1 aliphatic carbocycles. The van der Waals surface area contributed by atoms with Crippen molar-refractivity contribution in [3.05, 3.63) is 23.3 Å². The Morgan fingerprint density at radius 3 is 1.82 bits per heavy atom. The van der Waals surface area contributed by atoms with Gasteiger partial charge in [0.15, 0.2) is 23.0 Å². The monoisotopic (exact) mass is 474 g/mol. The van der Waals surface area contributed by atoms with Gasteiger partial charge in [0.05, 0.1) is 41.7 Å². The number of carbonyl (C=O) groups is 1. The SMILES string of the molecule is COc1cc2c(c(OC)c1OC)-c1c(cc(OC(C)=O)c(OC)c1OC)[C@H](OC)[C@@H](C)[C@@H](C)C2. The molecular weight excluding hydrogens is 440 g/mol. The number of fused-ring (bicyclic) bond motifs is 3. The molecule has 3 atom stereocenters. The Bertz CT molecular complexity index is 1060. The first-order valence-electron chi connectivity index (χ1n) is 11.1. The molecule has 0 aliphatic heterocycles. The molecule has 186 valence electrons. The average molecular weight is 475 g/mol. The van der Waals surface area contributed by atoms with Gasteiger partial charge in [-0.15, -0.1) is 0 Å². The molecule has 0 saturated carbocycles. The van der Waals surface area contributed by atoms with Gasteiger partial charge in [0.2, 0.25) is 11.5 Å². The van der Waals surface area contributed by atoms with E-state index in [0.29, 0.717) is 28.7 Å². The van der Waals surface area contributed by atoms with Crippen LogP contribution >= 0.6 is 0 Å². The highest BCUT2D eigenvalue weighted by Crippen LogP contribution is 2.57. The quantitative estimate of drug-likeness (QED) is 0.417. The number of hydrogen-bond acceptors (Lipinski definition) is 8. The van der Waals surface area contributed by atoms with Crippen molar-refractivity contribution in [3.8, 4) is 45.6 Å². The Morgan fingerprint density at radius 1 is 0.765 bits per heavy atom. The van der Waals surface area contributed by atoms with Gasteiger partial charge in [0.25, 0.3) is 0 Å². The first kappa shape index (κ1) is 25.5. The number of esters is 1. The van der Waals surface area contributed by atoms with Gasteiger partial charge in [-0.25, -0.2) is 0 Å². The van der Waals surface area contributed by atoms with Crippen LogP contribution in [0.3, 0.4) is 0 Å². The summed E-state index contributed by atoms with van der Waals surface area (Å²) in [6, 6.07) is 3.77. The molecule has 0 heterocycles. The number of carbonyl (C=O) groups excluding carboxylic acids is 1. The van der Waals surface area contributed by atoms with Crippen LogP contribution < -0.4 is 28.4 Å². The van der Waals surface area contributed by atoms with E-state index in [9.17, 15) is 4.79 Å². The predicted molar refractivity (Wildman–Crippen MR) is 128 cm³/mol. The zero-order chi connectivity index (χ0) is 25.2. The molecule has 0 fully saturated rings. The Hall–Kier alpha value is -3.13. The maximum absolute atomic E-state index is 11.9. The van der Waals surface area contributed by atoms with E-state index in [1.54, 1.807) is 41.6 Å². The van der Waals surface area contributed by atoms with E-state index in [4.69, 9.17) is 33.2 Å². The summed E-state index contributed by atoms with van der Waals surface area (Å²) in [5, 5.41) is 0. The third-order valence-electron chi connectivity index (χ3n) is 6.53. The molecule has 2 aromatic rings. The third-order valence-corrected chi connectivity index (χ3v) is 6.53. The summed E-state index contributed by atoms with van der Waals surface area (Å²) in [4.78, 5) is 11.9. The fraction of sp³-hybridized carbons (Fsp3) is 0.500. The van der Waals surface area contributed by atoms with Crippen LogP contribution in [0.5, 0.6) is 34.5 Å². The lowest BCUT2D eigenvalue weighted by Crippen LogP contribution is -2.24. The van der Waals surface area contributed by atoms with Gasteiger partial charge in [-0.3, -0.25) is 4.79 Å². The molecule has 0 amide bonds. The minimum atomic E-state index is -0.467. The Labute approximate surface area is 201 Å². The van der Waals surface area contributed by atoms with E-state index in [0.717, 1.165) is 28.7 Å². The number of hydrogen-bond donors (Lipinski definition) is 0. The molecule has 34 heavy (non-hydrogen) atoms. The van der Waals surface area contributed by atoms with Crippen LogP contribution in [0.15, 0.2) is 12.1 Å². The Balaban J connectivity index is 2.58. The molecule has 0 radical (unpaired) electrons. The molecule has 0 N–H and O–H groups in total. The summed E-state index contributed by atoms with van der Waals surface area (Å²) in [6.45, 7) is 5.67. The number of methoxy groups -OCH3 is 6. The second-order valence-corrected chi connectivity index (χ2v) is 8.38. The first-order valence-corrected chi connectivity index (χ1v) is 11.1. The van der Waals surface area contributed by atoms with Gasteiger partial charge < -0.3 is 33.2 Å². The standard InChI is InChI=1S/C26H34O8/c1-13-10-16-11-18(28-4)23(30-6)25(32-8)20(16)21-17(22(29-5)14(13)2)12-19(34-15(3)27)24(31-7)26(21)33-9/h11-14,22H,10H2,1-9H3/t13-,14-,22+/m0/s1. The van der Waals surface area contributed by atoms with Crippen molar-refractivity contribution >= 4 is 5.97 Å². The molecule has 0 saturated heterocycles. The summed E-state index contributed by atoms with van der Waals surface area (Å²) in [7, 11) is 9.49. The van der Waals surface area contributed by atoms with Gasteiger partial charge in [0, 0.05) is 25.2 Å². The van der Waals surface area contributed by atoms with Crippen molar-refractivity contribution in [2.45, 2.75) is 33.3 Å². The average Bonchev–Trinajstić information content (AvgIpc) is 2.82. The summed E-state index contributed by atoms with van der Waals surface area (Å²) in [5.41, 5.74) is 3.32. The summed E-state index contributed by atoms with van der Waals surface area (Å²) in [5.74, 6) is 2.42. The third kappa shape index (κ3) is 4.22. The van der Waals surface area contributed by atoms with Gasteiger partial charge in [-0.1, -0.05) is 13.8 Å². The molecule has 1 aliphatic rings. The molecule has 0 spiro atoms. The van der Waals surface area contributed by atoms with Gasteiger partial charge >= 0.3 is 5.97 Å². The normalized spacial score (nSPS) is 19.1. The highest BCUT2D eigenvalue weighted by Gasteiger charge is 2.37. The molecule has 3 rings (SSSR count). The zero-order valence-electron chi connectivity index (χ0n) is 21.4. The largest absolute Gasteiger partial charge is 0.493 e. The number of ether oxygens (including phenoxy) is 7. The molecule has 0 unspecified atom stereocenters. The lowest BCUT2D eigenvalue weighted by atomic mass is 9.76. The van der Waals surface area contributed by atoms with Crippen molar-refractivity contribution in [1.82, 2.24) is 0 Å². The molecule has 0 bridgehead atoms. The minimum absolute atomic E-state index is 0.124. The van der Waals surface area contributed by atoms with E-state index in [1.807, 2.05) is 6.07 Å². The van der Waals surface area contributed by atoms with Crippen molar-refractivity contribution in [1.29, 1.82) is 0 Å². The van der Waals surface area contributed by atoms with E-state index in [1.165, 1.54) is 14.0 Å². The summed E-state index contributed by atoms with van der Waals surface area (Å²) in [6.07, 6.45) is 0.425. The molecule has 0 aromatic heterocycles. The van der Waals surface area contributed by atoms with E-state index in [2.05, 4.69) is 13.8 Å². The highest BCUT2D eigenvalue weighted by molar-refractivity contribution is 5.89. The predicted octanol–water partition coefficient (Wildman–Crippen LogP) is 4.84. The van der Waals surface area contributed by atoms with Crippen molar-refractivity contribution < 1.29 is 38.0 Å². The van der Waals surface area contributed by atoms with Gasteiger partial charge in [0.1, 0.15) is 0 Å². The van der Waals surface area contributed by atoms with Crippen LogP contribution in [-0.4, -0.2) is 48.6 Å². The number of benzene rings is 2. The van der Waals surface area contributed by atoms with Crippen molar-refractivity contribution in [2.75, 3.05) is 42.7 Å². The minimum Gasteiger partial charge on any atom is -0.493 e. The Morgan fingerprint density at radius 2 is 1.32 bits per heavy atom. The molecule has 8 nitrogen and oxygen atoms in total. The molecule has 2 aromatic carbocycles. The second kappa shape index (κ2) is 10.4. The van der Waals surface area contributed by atoms with E-state index in [-0.39, 0.29) is 23.7 Å². The molecule has 8 heteroatoms. The fourth-order valence-corrected chi connectivity index (χ4v) is 4.83. The lowest BCUT2D eigenvalue weighted by molar-refractivity contribution is -0.132. The van der Waals surface area contributed by atoms with E-state index < -0.39 is 5.97 Å². The molecular formula is C26H34O8. The van der Waals surface area contributed by atoms with Crippen LogP contribution in [0, 0.1) is 11.8 Å². The summed E-state index contributed by atoms with van der Waals surface area (Å²) >= 11 is 0. The smallest absolute Gasteiger partial charge is 0.308 e. The maximum Gasteiger partial charge on any atom is 0.308 e. The summed E-state index contributed by atoms with van der Waals surface area (Å²) < 4.78 is 40.3. The fourth-order valence-electron chi connectivity index (χ4n) is 4.83. The first-order chi connectivity index (χ1) is 16.3. The van der Waals surface area contributed by atoms with Crippen LogP contribution in [0.4, 0.5) is 0 Å². The maximum atomic E-state index is 11.9. The van der Waals surface area contributed by atoms with Crippen molar-refractivity contribution in [2.24, 2.45) is 11.8 Å². The zero-order valence-corrected chi connectivity index (χ0v) is 21.4. The van der Waals surface area contributed by atoms with Gasteiger partial charge in [-0.05, 0) is 41.5 Å². The lowest BCUT2D eigenvalue weighted by Gasteiger charge is -2.35. The highest BCUT2D eigenvalue weighted by atomic mass is 16.6. The topological polar surface area (TPSA) is 81.7 Å². The van der Waals surface area contributed by atoms with Crippen LogP contribution in [0.25, 0.3) is 11.1 Å². The number of rotatable bonds is 7. The van der Waals surface area contributed by atoms with Crippen LogP contribution in [0.1, 0.15) is 38.0 Å². The Kier molecular flexibility index (Phi) is 7.82. The van der Waals surface area contributed by atoms with Crippen LogP contribution in [-0.2, 0) is 16.0 Å². The van der Waals surface area contributed by atoms with Gasteiger partial charge in [-0.2, -0.15) is 0 Å². The second-order valence-electron chi connectivity index (χ2n) is 8.38. The van der Waals surface area contributed by atoms with Crippen molar-refractivity contribution in [3.63, 3.8) is 0 Å². The van der Waals surface area contributed by atoms with Crippen LogP contribution in [0.2, 0.25) is 0 Å². The van der Waals surface area contributed by atoms with E-state index >= 15 is 0 Å².